The molecule has 0 amide bonds. The molecule has 0 saturated heterocycles. The molecule has 0 aliphatic heterocycles. The maximum Gasteiger partial charge on any atom is 0.282 e. The number of hydrogen-bond donors (Lipinski definition) is 0. The molecule has 5 heteroatoms. The number of nitrogens with zero attached hydrogens (tertiary/aromatic N) is 2. The van der Waals surface area contributed by atoms with Crippen molar-refractivity contribution in [1.29, 1.82) is 0 Å². The summed E-state index contributed by atoms with van der Waals surface area (Å²) in [6.07, 6.45) is 3.03. The molecule has 90 valence electrons. The summed E-state index contributed by atoms with van der Waals surface area (Å²) in [4.78, 5) is 0.267. The zero-order valence-electron chi connectivity index (χ0n) is 10.0. The Morgan fingerprint density at radius 1 is 1.12 bits per heavy atom. The van der Waals surface area contributed by atoms with E-state index in [1.165, 1.54) is 12.4 Å². The van der Waals surface area contributed by atoms with Gasteiger partial charge < -0.3 is 0 Å². The molecule has 1 aromatic heterocycles. The lowest BCUT2D eigenvalue weighted by molar-refractivity contribution is 0.580. The van der Waals surface area contributed by atoms with Crippen molar-refractivity contribution in [2.45, 2.75) is 25.7 Å². The van der Waals surface area contributed by atoms with E-state index in [1.54, 1.807) is 25.1 Å². The molecule has 2 rings (SSSR count). The quantitative estimate of drug-likeness (QED) is 0.819. The molecule has 0 aliphatic carbocycles. The fraction of sp³-hybridized carbons (Fsp3) is 0.250. The van der Waals surface area contributed by atoms with E-state index < -0.39 is 10.0 Å². The highest BCUT2D eigenvalue weighted by Gasteiger charge is 2.17. The number of aryl methyl sites for hydroxylation is 3. The van der Waals surface area contributed by atoms with Crippen LogP contribution in [0.3, 0.4) is 0 Å². The molecule has 0 N–H and O–H groups in total. The molecular weight excluding hydrogens is 236 g/mol. The van der Waals surface area contributed by atoms with Crippen LogP contribution >= 0.6 is 0 Å². The largest absolute Gasteiger partial charge is 0.282 e. The summed E-state index contributed by atoms with van der Waals surface area (Å²) < 4.78 is 25.4. The molecule has 0 spiro atoms. The summed E-state index contributed by atoms with van der Waals surface area (Å²) in [5.74, 6) is 0. The van der Waals surface area contributed by atoms with Crippen LogP contribution < -0.4 is 0 Å². The molecular formula is C12H14N2O2S. The van der Waals surface area contributed by atoms with Crippen LogP contribution in [0, 0.1) is 20.8 Å². The van der Waals surface area contributed by atoms with Gasteiger partial charge >= 0.3 is 0 Å². The Balaban J connectivity index is 2.56. The molecule has 0 fully saturated rings. The Kier molecular flexibility index (Phi) is 2.79. The average molecular weight is 250 g/mol. The van der Waals surface area contributed by atoms with Crippen molar-refractivity contribution in [1.82, 2.24) is 9.19 Å². The second-order valence-corrected chi connectivity index (χ2v) is 5.94. The summed E-state index contributed by atoms with van der Waals surface area (Å²) >= 11 is 0. The normalized spacial score (nSPS) is 11.7. The van der Waals surface area contributed by atoms with E-state index in [1.807, 2.05) is 13.8 Å². The van der Waals surface area contributed by atoms with Gasteiger partial charge in [-0.15, -0.1) is 0 Å². The Morgan fingerprint density at radius 3 is 2.35 bits per heavy atom. The van der Waals surface area contributed by atoms with E-state index in [0.29, 0.717) is 0 Å². The maximum absolute atomic E-state index is 12.2. The minimum Gasteiger partial charge on any atom is -0.199 e. The van der Waals surface area contributed by atoms with Crippen molar-refractivity contribution in [2.24, 2.45) is 0 Å². The molecule has 17 heavy (non-hydrogen) atoms. The van der Waals surface area contributed by atoms with Crippen LogP contribution in [-0.4, -0.2) is 17.6 Å². The van der Waals surface area contributed by atoms with Gasteiger partial charge in [-0.25, -0.2) is 0 Å². The number of hydrogen-bond acceptors (Lipinski definition) is 3. The predicted molar refractivity (Wildman–Crippen MR) is 65.5 cm³/mol. The van der Waals surface area contributed by atoms with Crippen LogP contribution in [0.5, 0.6) is 0 Å². The number of aromatic nitrogens is 2. The van der Waals surface area contributed by atoms with E-state index in [4.69, 9.17) is 0 Å². The van der Waals surface area contributed by atoms with Crippen molar-refractivity contribution < 1.29 is 8.42 Å². The fourth-order valence-corrected chi connectivity index (χ4v) is 2.76. The molecule has 0 saturated carbocycles. The van der Waals surface area contributed by atoms with Crippen molar-refractivity contribution in [2.75, 3.05) is 0 Å². The van der Waals surface area contributed by atoms with Gasteiger partial charge in [0.15, 0.2) is 0 Å². The van der Waals surface area contributed by atoms with Gasteiger partial charge in [0.25, 0.3) is 10.0 Å². The van der Waals surface area contributed by atoms with Crippen molar-refractivity contribution in [3.63, 3.8) is 0 Å². The van der Waals surface area contributed by atoms with Crippen molar-refractivity contribution in [3.8, 4) is 0 Å². The third-order valence-electron chi connectivity index (χ3n) is 2.71. The van der Waals surface area contributed by atoms with Gasteiger partial charge in [0, 0.05) is 6.20 Å². The zero-order valence-corrected chi connectivity index (χ0v) is 10.8. The molecule has 4 nitrogen and oxygen atoms in total. The minimum atomic E-state index is -3.55. The lowest BCUT2D eigenvalue weighted by Crippen LogP contribution is -2.13. The second-order valence-electron chi connectivity index (χ2n) is 4.14. The van der Waals surface area contributed by atoms with Crippen LogP contribution in [0.2, 0.25) is 0 Å². The number of rotatable bonds is 2. The van der Waals surface area contributed by atoms with Crippen LogP contribution in [0.1, 0.15) is 16.7 Å². The van der Waals surface area contributed by atoms with Gasteiger partial charge in [-0.3, -0.25) is 0 Å². The van der Waals surface area contributed by atoms with E-state index >= 15 is 0 Å². The van der Waals surface area contributed by atoms with Gasteiger partial charge in [-0.1, -0.05) is 6.07 Å². The third kappa shape index (κ3) is 2.10. The third-order valence-corrected chi connectivity index (χ3v) is 4.25. The van der Waals surface area contributed by atoms with Crippen LogP contribution in [0.15, 0.2) is 35.5 Å². The minimum absolute atomic E-state index is 0.267. The average Bonchev–Trinajstić information content (AvgIpc) is 2.69. The van der Waals surface area contributed by atoms with Gasteiger partial charge in [0.1, 0.15) is 0 Å². The highest BCUT2D eigenvalue weighted by molar-refractivity contribution is 7.89. The van der Waals surface area contributed by atoms with E-state index in [0.717, 1.165) is 20.8 Å². The smallest absolute Gasteiger partial charge is 0.199 e. The van der Waals surface area contributed by atoms with Gasteiger partial charge in [-0.2, -0.15) is 17.6 Å². The molecule has 0 aliphatic rings. The van der Waals surface area contributed by atoms with Gasteiger partial charge in [-0.05, 0) is 49.6 Å². The Hall–Kier alpha value is -1.62. The molecule has 0 radical (unpaired) electrons. The van der Waals surface area contributed by atoms with Crippen LogP contribution in [0.25, 0.3) is 0 Å². The lowest BCUT2D eigenvalue weighted by Gasteiger charge is -2.06. The molecule has 1 heterocycles. The molecule has 2 aromatic rings. The fourth-order valence-electron chi connectivity index (χ4n) is 1.50. The predicted octanol–water partition coefficient (Wildman–Crippen LogP) is 2.05. The van der Waals surface area contributed by atoms with E-state index in [-0.39, 0.29) is 4.90 Å². The second kappa shape index (κ2) is 4.00. The lowest BCUT2D eigenvalue weighted by atomic mass is 10.1. The Labute approximate surface area is 101 Å². The maximum atomic E-state index is 12.2. The molecule has 0 bridgehead atoms. The van der Waals surface area contributed by atoms with E-state index in [2.05, 4.69) is 5.10 Å². The van der Waals surface area contributed by atoms with Crippen molar-refractivity contribution >= 4 is 10.0 Å². The van der Waals surface area contributed by atoms with Gasteiger partial charge in [0.2, 0.25) is 0 Å². The summed E-state index contributed by atoms with van der Waals surface area (Å²) in [6, 6.07) is 5.08. The highest BCUT2D eigenvalue weighted by Crippen LogP contribution is 2.17. The topological polar surface area (TPSA) is 52.0 Å². The standard InChI is InChI=1S/C12H14N2O2S/c1-9-7-13-14(8-9)17(15,16)12-5-4-10(2)11(3)6-12/h4-8H,1-3H3. The summed E-state index contributed by atoms with van der Waals surface area (Å²) in [6.45, 7) is 5.64. The summed E-state index contributed by atoms with van der Waals surface area (Å²) in [7, 11) is -3.55. The zero-order chi connectivity index (χ0) is 12.6. The summed E-state index contributed by atoms with van der Waals surface area (Å²) in [5, 5.41) is 3.84. The van der Waals surface area contributed by atoms with Crippen LogP contribution in [-0.2, 0) is 10.0 Å². The van der Waals surface area contributed by atoms with Crippen LogP contribution in [0.4, 0.5) is 0 Å². The highest BCUT2D eigenvalue weighted by atomic mass is 32.2. The van der Waals surface area contributed by atoms with Gasteiger partial charge in [0.05, 0.1) is 11.1 Å². The first-order chi connectivity index (χ1) is 7.91. The SMILES string of the molecule is Cc1cnn(S(=O)(=O)c2ccc(C)c(C)c2)c1. The first kappa shape index (κ1) is 11.9. The molecule has 0 unspecified atom stereocenters. The Morgan fingerprint density at radius 2 is 1.82 bits per heavy atom. The Bertz CT molecular complexity index is 657. The first-order valence-corrected chi connectivity index (χ1v) is 6.69. The molecule has 1 aromatic carbocycles. The monoisotopic (exact) mass is 250 g/mol. The number of benzene rings is 1. The molecule has 0 atom stereocenters. The first-order valence-electron chi connectivity index (χ1n) is 5.25. The van der Waals surface area contributed by atoms with E-state index in [9.17, 15) is 8.42 Å². The summed E-state index contributed by atoms with van der Waals surface area (Å²) in [5.41, 5.74) is 2.84. The van der Waals surface area contributed by atoms with Crippen molar-refractivity contribution in [3.05, 3.63) is 47.3 Å².